The fraction of sp³-hybridized carbons (Fsp3) is 0.231. The van der Waals surface area contributed by atoms with Gasteiger partial charge in [0.05, 0.1) is 17.0 Å². The molecule has 5 heteroatoms. The number of benzene rings is 2. The van der Waals surface area contributed by atoms with Crippen molar-refractivity contribution in [2.75, 3.05) is 5.75 Å². The van der Waals surface area contributed by atoms with Crippen LogP contribution in [0, 0.1) is 12.7 Å². The Balaban J connectivity index is 1.81. The van der Waals surface area contributed by atoms with Gasteiger partial charge < -0.3 is 4.40 Å². The molecule has 0 amide bonds. The van der Waals surface area contributed by atoms with Crippen LogP contribution in [0.2, 0.25) is 0 Å². The van der Waals surface area contributed by atoms with E-state index < -0.39 is 0 Å². The molecule has 0 saturated carbocycles. The maximum Gasteiger partial charge on any atom is 0.140 e. The van der Waals surface area contributed by atoms with Crippen molar-refractivity contribution in [2.45, 2.75) is 38.6 Å². The first-order valence-electron chi connectivity index (χ1n) is 10.4. The molecular weight excluding hydrogens is 407 g/mol. The van der Waals surface area contributed by atoms with Crippen molar-refractivity contribution >= 4 is 23.1 Å². The van der Waals surface area contributed by atoms with E-state index in [2.05, 4.69) is 35.7 Å². The SMILES string of the molecule is CCc1cc2c(SCC(C)=O)nc(C)cn2c1Cc1ccccc1-c1ccc(F)cc1. The Morgan fingerprint density at radius 3 is 2.55 bits per heavy atom. The second kappa shape index (κ2) is 9.06. The molecule has 4 aromatic rings. The molecule has 2 aromatic heterocycles. The van der Waals surface area contributed by atoms with E-state index in [4.69, 9.17) is 4.98 Å². The zero-order chi connectivity index (χ0) is 22.0. The lowest BCUT2D eigenvalue weighted by Gasteiger charge is -2.13. The smallest absolute Gasteiger partial charge is 0.140 e. The van der Waals surface area contributed by atoms with E-state index in [-0.39, 0.29) is 11.6 Å². The Morgan fingerprint density at radius 1 is 1.10 bits per heavy atom. The van der Waals surface area contributed by atoms with Crippen LogP contribution in [0.1, 0.15) is 36.4 Å². The van der Waals surface area contributed by atoms with E-state index in [9.17, 15) is 9.18 Å². The molecule has 0 saturated heterocycles. The lowest BCUT2D eigenvalue weighted by atomic mass is 9.95. The third-order valence-corrected chi connectivity index (χ3v) is 6.49. The molecule has 4 rings (SSSR count). The van der Waals surface area contributed by atoms with E-state index >= 15 is 0 Å². The number of rotatable bonds is 7. The number of thioether (sulfide) groups is 1. The minimum Gasteiger partial charge on any atom is -0.316 e. The van der Waals surface area contributed by atoms with Gasteiger partial charge in [-0.2, -0.15) is 0 Å². The largest absolute Gasteiger partial charge is 0.316 e. The molecule has 0 aliphatic heterocycles. The molecule has 0 N–H and O–H groups in total. The highest BCUT2D eigenvalue weighted by molar-refractivity contribution is 8.00. The highest BCUT2D eigenvalue weighted by Crippen LogP contribution is 2.31. The molecule has 0 atom stereocenters. The first-order chi connectivity index (χ1) is 15.0. The number of fused-ring (bicyclic) bond motifs is 1. The fourth-order valence-electron chi connectivity index (χ4n) is 3.91. The summed E-state index contributed by atoms with van der Waals surface area (Å²) in [6.45, 7) is 5.75. The van der Waals surface area contributed by atoms with Crippen molar-refractivity contribution in [1.82, 2.24) is 9.38 Å². The van der Waals surface area contributed by atoms with Gasteiger partial charge in [-0.3, -0.25) is 4.79 Å². The van der Waals surface area contributed by atoms with Gasteiger partial charge in [-0.25, -0.2) is 9.37 Å². The van der Waals surface area contributed by atoms with Gasteiger partial charge in [0.15, 0.2) is 0 Å². The topological polar surface area (TPSA) is 34.4 Å². The van der Waals surface area contributed by atoms with E-state index in [0.717, 1.165) is 40.2 Å². The Morgan fingerprint density at radius 2 is 1.84 bits per heavy atom. The predicted octanol–water partition coefficient (Wildman–Crippen LogP) is 6.28. The van der Waals surface area contributed by atoms with E-state index in [1.165, 1.54) is 40.7 Å². The van der Waals surface area contributed by atoms with Crippen LogP contribution in [0.25, 0.3) is 16.6 Å². The van der Waals surface area contributed by atoms with Crippen molar-refractivity contribution in [3.05, 3.63) is 89.1 Å². The van der Waals surface area contributed by atoms with Crippen LogP contribution in [0.15, 0.2) is 65.8 Å². The summed E-state index contributed by atoms with van der Waals surface area (Å²) in [6, 6.07) is 17.2. The maximum absolute atomic E-state index is 13.4. The fourth-order valence-corrected chi connectivity index (χ4v) is 4.76. The molecule has 0 spiro atoms. The highest BCUT2D eigenvalue weighted by atomic mass is 32.2. The third kappa shape index (κ3) is 4.57. The Kier molecular flexibility index (Phi) is 6.23. The number of nitrogens with zero attached hydrogens (tertiary/aromatic N) is 2. The van der Waals surface area contributed by atoms with Gasteiger partial charge in [0.25, 0.3) is 0 Å². The van der Waals surface area contributed by atoms with Gasteiger partial charge in [0, 0.05) is 18.3 Å². The van der Waals surface area contributed by atoms with Gasteiger partial charge in [0.1, 0.15) is 16.6 Å². The van der Waals surface area contributed by atoms with Crippen molar-refractivity contribution < 1.29 is 9.18 Å². The minimum absolute atomic E-state index is 0.141. The number of halogens is 1. The molecule has 0 radical (unpaired) electrons. The lowest BCUT2D eigenvalue weighted by Crippen LogP contribution is -2.02. The molecule has 0 aliphatic carbocycles. The van der Waals surface area contributed by atoms with E-state index in [0.29, 0.717) is 5.75 Å². The van der Waals surface area contributed by atoms with Gasteiger partial charge in [0.2, 0.25) is 0 Å². The number of hydrogen-bond acceptors (Lipinski definition) is 3. The molecule has 0 fully saturated rings. The van der Waals surface area contributed by atoms with Crippen molar-refractivity contribution in [3.8, 4) is 11.1 Å². The summed E-state index contributed by atoms with van der Waals surface area (Å²) >= 11 is 1.50. The summed E-state index contributed by atoms with van der Waals surface area (Å²) in [7, 11) is 0. The van der Waals surface area contributed by atoms with Gasteiger partial charge in [-0.15, -0.1) is 0 Å². The number of Topliss-reactive ketones (excluding diaryl/α,β-unsaturated/α-hetero) is 1. The molecule has 31 heavy (non-hydrogen) atoms. The molecule has 158 valence electrons. The Bertz CT molecular complexity index is 1240. The molecule has 0 unspecified atom stereocenters. The van der Waals surface area contributed by atoms with Crippen LogP contribution >= 0.6 is 11.8 Å². The van der Waals surface area contributed by atoms with Crippen LogP contribution in [0.5, 0.6) is 0 Å². The van der Waals surface area contributed by atoms with Crippen molar-refractivity contribution in [1.29, 1.82) is 0 Å². The summed E-state index contributed by atoms with van der Waals surface area (Å²) < 4.78 is 15.7. The van der Waals surface area contributed by atoms with Gasteiger partial charge in [-0.05, 0) is 60.7 Å². The third-order valence-electron chi connectivity index (χ3n) is 5.37. The van der Waals surface area contributed by atoms with Gasteiger partial charge >= 0.3 is 0 Å². The number of carbonyl (C=O) groups excluding carboxylic acids is 1. The molecule has 0 bridgehead atoms. The number of carbonyl (C=O) groups is 1. The van der Waals surface area contributed by atoms with Crippen LogP contribution < -0.4 is 0 Å². The summed E-state index contributed by atoms with van der Waals surface area (Å²) in [5.41, 5.74) is 7.76. The summed E-state index contributed by atoms with van der Waals surface area (Å²) in [5, 5.41) is 0.892. The van der Waals surface area contributed by atoms with Crippen LogP contribution in [-0.4, -0.2) is 20.9 Å². The standard InChI is InChI=1S/C26H25FN2OS/c1-4-19-13-25-26(31-16-18(3)30)28-17(2)15-29(25)24(19)14-21-7-5-6-8-23(21)20-9-11-22(27)12-10-20/h5-13,15H,4,14,16H2,1-3H3. The number of ketones is 1. The number of aromatic nitrogens is 2. The molecule has 2 aromatic carbocycles. The monoisotopic (exact) mass is 432 g/mol. The molecule has 2 heterocycles. The summed E-state index contributed by atoms with van der Waals surface area (Å²) in [5.74, 6) is 0.328. The second-order valence-corrected chi connectivity index (χ2v) is 8.71. The average Bonchev–Trinajstić information content (AvgIpc) is 3.10. The summed E-state index contributed by atoms with van der Waals surface area (Å²) in [6.07, 6.45) is 3.74. The first kappa shape index (κ1) is 21.3. The zero-order valence-corrected chi connectivity index (χ0v) is 18.8. The second-order valence-electron chi connectivity index (χ2n) is 7.74. The number of aryl methyl sites for hydroxylation is 2. The first-order valence-corrected chi connectivity index (χ1v) is 11.4. The molecule has 3 nitrogen and oxygen atoms in total. The van der Waals surface area contributed by atoms with Crippen molar-refractivity contribution in [2.24, 2.45) is 0 Å². The highest BCUT2D eigenvalue weighted by Gasteiger charge is 2.16. The predicted molar refractivity (Wildman–Crippen MR) is 125 cm³/mol. The summed E-state index contributed by atoms with van der Waals surface area (Å²) in [4.78, 5) is 16.2. The number of hydrogen-bond donors (Lipinski definition) is 0. The maximum atomic E-state index is 13.4. The molecular formula is C26H25FN2OS. The minimum atomic E-state index is -0.231. The van der Waals surface area contributed by atoms with Crippen LogP contribution in [-0.2, 0) is 17.6 Å². The van der Waals surface area contributed by atoms with Crippen LogP contribution in [0.3, 0.4) is 0 Å². The van der Waals surface area contributed by atoms with E-state index in [1.807, 2.05) is 31.2 Å². The van der Waals surface area contributed by atoms with Crippen LogP contribution in [0.4, 0.5) is 4.39 Å². The average molecular weight is 433 g/mol. The lowest BCUT2D eigenvalue weighted by molar-refractivity contribution is -0.114. The normalized spacial score (nSPS) is 11.2. The Hall–Kier alpha value is -2.92. The Labute approximate surface area is 186 Å². The molecule has 0 aliphatic rings. The van der Waals surface area contributed by atoms with E-state index in [1.54, 1.807) is 6.92 Å². The van der Waals surface area contributed by atoms with Crippen molar-refractivity contribution in [3.63, 3.8) is 0 Å². The quantitative estimate of drug-likeness (QED) is 0.322. The van der Waals surface area contributed by atoms with Gasteiger partial charge in [-0.1, -0.05) is 55.1 Å². The zero-order valence-electron chi connectivity index (χ0n) is 18.0.